The molecule has 2 rings (SSSR count). The molecule has 0 aromatic heterocycles. The molecule has 0 bridgehead atoms. The van der Waals surface area contributed by atoms with E-state index >= 15 is 0 Å². The lowest BCUT2D eigenvalue weighted by Gasteiger charge is -2.33. The second kappa shape index (κ2) is 6.10. The molecule has 0 radical (unpaired) electrons. The SMILES string of the molecule is CN1CCOC(C(O)Cc2cccc(F)c2Br)C1. The van der Waals surface area contributed by atoms with Crippen molar-refractivity contribution >= 4 is 15.9 Å². The van der Waals surface area contributed by atoms with Crippen LogP contribution in [0.25, 0.3) is 0 Å². The van der Waals surface area contributed by atoms with Crippen LogP contribution in [-0.2, 0) is 11.2 Å². The first kappa shape index (κ1) is 13.9. The number of halogens is 2. The molecule has 0 amide bonds. The molecular formula is C13H17BrFNO2. The maximum Gasteiger partial charge on any atom is 0.137 e. The van der Waals surface area contributed by atoms with Crippen LogP contribution in [0.4, 0.5) is 4.39 Å². The van der Waals surface area contributed by atoms with Gasteiger partial charge in [-0.15, -0.1) is 0 Å². The van der Waals surface area contributed by atoms with E-state index < -0.39 is 6.10 Å². The van der Waals surface area contributed by atoms with E-state index in [1.54, 1.807) is 6.07 Å². The second-order valence-corrected chi connectivity index (χ2v) is 5.45. The van der Waals surface area contributed by atoms with Crippen LogP contribution in [-0.4, -0.2) is 49.0 Å². The smallest absolute Gasteiger partial charge is 0.137 e. The van der Waals surface area contributed by atoms with Gasteiger partial charge in [0.25, 0.3) is 0 Å². The molecule has 1 saturated heterocycles. The lowest BCUT2D eigenvalue weighted by Crippen LogP contribution is -2.46. The molecule has 5 heteroatoms. The average molecular weight is 318 g/mol. The predicted molar refractivity (Wildman–Crippen MR) is 71.0 cm³/mol. The van der Waals surface area contributed by atoms with Crippen LogP contribution < -0.4 is 0 Å². The molecule has 3 nitrogen and oxygen atoms in total. The minimum Gasteiger partial charge on any atom is -0.390 e. The van der Waals surface area contributed by atoms with Crippen molar-refractivity contribution in [3.05, 3.63) is 34.1 Å². The number of benzene rings is 1. The average Bonchev–Trinajstić information content (AvgIpc) is 2.35. The predicted octanol–water partition coefficient (Wildman–Crippen LogP) is 1.82. The lowest BCUT2D eigenvalue weighted by molar-refractivity contribution is -0.0823. The maximum absolute atomic E-state index is 13.4. The molecule has 1 aromatic rings. The van der Waals surface area contributed by atoms with E-state index in [1.165, 1.54) is 6.07 Å². The summed E-state index contributed by atoms with van der Waals surface area (Å²) < 4.78 is 19.3. The fourth-order valence-corrected chi connectivity index (χ4v) is 2.53. The molecule has 1 fully saturated rings. The van der Waals surface area contributed by atoms with Crippen molar-refractivity contribution in [2.24, 2.45) is 0 Å². The van der Waals surface area contributed by atoms with Crippen molar-refractivity contribution in [1.82, 2.24) is 4.90 Å². The Hall–Kier alpha value is -0.490. The van der Waals surface area contributed by atoms with Gasteiger partial charge in [-0.1, -0.05) is 12.1 Å². The van der Waals surface area contributed by atoms with Gasteiger partial charge in [0.2, 0.25) is 0 Å². The zero-order chi connectivity index (χ0) is 13.1. The molecule has 0 spiro atoms. The minimum atomic E-state index is -0.620. The molecule has 18 heavy (non-hydrogen) atoms. The highest BCUT2D eigenvalue weighted by Gasteiger charge is 2.26. The highest BCUT2D eigenvalue weighted by atomic mass is 79.9. The maximum atomic E-state index is 13.4. The van der Waals surface area contributed by atoms with Gasteiger partial charge in [0, 0.05) is 19.5 Å². The number of aliphatic hydroxyl groups excluding tert-OH is 1. The van der Waals surface area contributed by atoms with Crippen LogP contribution in [0.5, 0.6) is 0 Å². The molecule has 100 valence electrons. The molecule has 0 saturated carbocycles. The zero-order valence-corrected chi connectivity index (χ0v) is 11.9. The first-order valence-corrected chi connectivity index (χ1v) is 6.78. The van der Waals surface area contributed by atoms with Gasteiger partial charge in [0.05, 0.1) is 23.3 Å². The molecular weight excluding hydrogens is 301 g/mol. The van der Waals surface area contributed by atoms with Crippen LogP contribution in [0, 0.1) is 5.82 Å². The van der Waals surface area contributed by atoms with Gasteiger partial charge in [0.1, 0.15) is 5.82 Å². The number of nitrogens with zero attached hydrogens (tertiary/aromatic N) is 1. The molecule has 2 atom stereocenters. The Bertz CT molecular complexity index is 416. The standard InChI is InChI=1S/C13H17BrFNO2/c1-16-5-6-18-12(8-16)11(17)7-9-3-2-4-10(15)13(9)14/h2-4,11-12,17H,5-8H2,1H3. The van der Waals surface area contributed by atoms with Crippen molar-refractivity contribution in [2.75, 3.05) is 26.7 Å². The summed E-state index contributed by atoms with van der Waals surface area (Å²) in [6.45, 7) is 2.21. The minimum absolute atomic E-state index is 0.209. The van der Waals surface area contributed by atoms with Gasteiger partial charge in [-0.3, -0.25) is 0 Å². The number of hydrogen-bond donors (Lipinski definition) is 1. The van der Waals surface area contributed by atoms with Gasteiger partial charge in [-0.25, -0.2) is 4.39 Å². The summed E-state index contributed by atoms with van der Waals surface area (Å²) in [5.41, 5.74) is 0.763. The van der Waals surface area contributed by atoms with E-state index in [0.717, 1.165) is 12.1 Å². The van der Waals surface area contributed by atoms with Crippen molar-refractivity contribution in [3.8, 4) is 0 Å². The summed E-state index contributed by atoms with van der Waals surface area (Å²) in [6, 6.07) is 4.85. The van der Waals surface area contributed by atoms with Gasteiger partial charge in [0.15, 0.2) is 0 Å². The molecule has 1 heterocycles. The van der Waals surface area contributed by atoms with Crippen LogP contribution in [0.15, 0.2) is 22.7 Å². The molecule has 1 aliphatic heterocycles. The highest BCUT2D eigenvalue weighted by Crippen LogP contribution is 2.23. The number of ether oxygens (including phenoxy) is 1. The van der Waals surface area contributed by atoms with Crippen molar-refractivity contribution in [3.63, 3.8) is 0 Å². The Labute approximate surface area is 115 Å². The lowest BCUT2D eigenvalue weighted by atomic mass is 10.0. The van der Waals surface area contributed by atoms with Crippen molar-refractivity contribution in [1.29, 1.82) is 0 Å². The first-order valence-electron chi connectivity index (χ1n) is 5.99. The van der Waals surface area contributed by atoms with E-state index in [-0.39, 0.29) is 11.9 Å². The summed E-state index contributed by atoms with van der Waals surface area (Å²) in [6.07, 6.45) is -0.443. The molecule has 2 unspecified atom stereocenters. The topological polar surface area (TPSA) is 32.7 Å². The number of likely N-dealkylation sites (N-methyl/N-ethyl adjacent to an activating group) is 1. The quantitative estimate of drug-likeness (QED) is 0.923. The Morgan fingerprint density at radius 1 is 1.61 bits per heavy atom. The Morgan fingerprint density at radius 3 is 3.11 bits per heavy atom. The van der Waals surface area contributed by atoms with E-state index in [1.807, 2.05) is 13.1 Å². The summed E-state index contributed by atoms with van der Waals surface area (Å²) in [7, 11) is 2.00. The first-order chi connectivity index (χ1) is 8.58. The number of morpholine rings is 1. The molecule has 1 N–H and O–H groups in total. The van der Waals surface area contributed by atoms with E-state index in [4.69, 9.17) is 4.74 Å². The third-order valence-corrected chi connectivity index (χ3v) is 4.07. The van der Waals surface area contributed by atoms with Crippen molar-refractivity contribution in [2.45, 2.75) is 18.6 Å². The Balaban J connectivity index is 2.02. The monoisotopic (exact) mass is 317 g/mol. The third-order valence-electron chi connectivity index (χ3n) is 3.19. The van der Waals surface area contributed by atoms with Gasteiger partial charge in [-0.05, 0) is 34.6 Å². The second-order valence-electron chi connectivity index (χ2n) is 4.66. The molecule has 1 aromatic carbocycles. The summed E-state index contributed by atoms with van der Waals surface area (Å²) in [5, 5.41) is 10.2. The number of hydrogen-bond acceptors (Lipinski definition) is 3. The summed E-state index contributed by atoms with van der Waals surface area (Å²) in [5.74, 6) is -0.304. The van der Waals surface area contributed by atoms with Gasteiger partial charge in [-0.2, -0.15) is 0 Å². The zero-order valence-electron chi connectivity index (χ0n) is 10.3. The Kier molecular flexibility index (Phi) is 4.72. The van der Waals surface area contributed by atoms with E-state index in [9.17, 15) is 9.50 Å². The summed E-state index contributed by atoms with van der Waals surface area (Å²) >= 11 is 3.21. The third kappa shape index (κ3) is 3.29. The van der Waals surface area contributed by atoms with Crippen LogP contribution >= 0.6 is 15.9 Å². The molecule has 1 aliphatic rings. The number of rotatable bonds is 3. The highest BCUT2D eigenvalue weighted by molar-refractivity contribution is 9.10. The van der Waals surface area contributed by atoms with Gasteiger partial charge < -0.3 is 14.7 Å². The fourth-order valence-electron chi connectivity index (χ4n) is 2.11. The normalized spacial score (nSPS) is 23.0. The molecule has 0 aliphatic carbocycles. The van der Waals surface area contributed by atoms with E-state index in [2.05, 4.69) is 20.8 Å². The van der Waals surface area contributed by atoms with Crippen LogP contribution in [0.3, 0.4) is 0 Å². The number of aliphatic hydroxyl groups is 1. The fraction of sp³-hybridized carbons (Fsp3) is 0.538. The van der Waals surface area contributed by atoms with E-state index in [0.29, 0.717) is 24.0 Å². The van der Waals surface area contributed by atoms with Crippen LogP contribution in [0.2, 0.25) is 0 Å². The Morgan fingerprint density at radius 2 is 2.39 bits per heavy atom. The van der Waals surface area contributed by atoms with Crippen molar-refractivity contribution < 1.29 is 14.2 Å². The largest absolute Gasteiger partial charge is 0.390 e. The van der Waals surface area contributed by atoms with Gasteiger partial charge >= 0.3 is 0 Å². The van der Waals surface area contributed by atoms with Crippen LogP contribution in [0.1, 0.15) is 5.56 Å². The summed E-state index contributed by atoms with van der Waals surface area (Å²) in [4.78, 5) is 2.12.